The molecule has 0 spiro atoms. The molecule has 2 fully saturated rings. The minimum absolute atomic E-state index is 0.509. The van der Waals surface area contributed by atoms with Crippen LogP contribution in [0.25, 0.3) is 0 Å². The van der Waals surface area contributed by atoms with Gasteiger partial charge in [0.15, 0.2) is 0 Å². The van der Waals surface area contributed by atoms with Crippen LogP contribution >= 0.6 is 0 Å². The summed E-state index contributed by atoms with van der Waals surface area (Å²) in [4.78, 5) is 7.31. The fourth-order valence-electron chi connectivity index (χ4n) is 3.05. The summed E-state index contributed by atoms with van der Waals surface area (Å²) in [5, 5.41) is 3.49. The molecule has 3 rings (SSSR count). The first-order chi connectivity index (χ1) is 8.25. The number of hydrogen-bond donors (Lipinski definition) is 1. The molecule has 0 aliphatic carbocycles. The molecule has 2 atom stereocenters. The van der Waals surface area contributed by atoms with Crippen molar-refractivity contribution in [3.63, 3.8) is 0 Å². The summed E-state index contributed by atoms with van der Waals surface area (Å²) in [7, 11) is 0. The van der Waals surface area contributed by atoms with E-state index in [0.29, 0.717) is 12.0 Å². The van der Waals surface area contributed by atoms with Gasteiger partial charge in [0.05, 0.1) is 0 Å². The molecule has 2 saturated heterocycles. The second kappa shape index (κ2) is 4.30. The van der Waals surface area contributed by atoms with Crippen LogP contribution in [0, 0.1) is 5.92 Å². The number of rotatable bonds is 2. The molecule has 3 heteroatoms. The number of anilines is 1. The number of aromatic nitrogens is 1. The average Bonchev–Trinajstić information content (AvgIpc) is 2.90. The first-order valence-corrected chi connectivity index (χ1v) is 6.70. The van der Waals surface area contributed by atoms with Gasteiger partial charge in [0.25, 0.3) is 0 Å². The van der Waals surface area contributed by atoms with Gasteiger partial charge in [-0.05, 0) is 30.4 Å². The molecule has 2 aliphatic heterocycles. The van der Waals surface area contributed by atoms with E-state index in [2.05, 4.69) is 42.3 Å². The highest BCUT2D eigenvalue weighted by atomic mass is 15.3. The van der Waals surface area contributed by atoms with Crippen LogP contribution < -0.4 is 10.2 Å². The van der Waals surface area contributed by atoms with E-state index in [9.17, 15) is 0 Å². The predicted molar refractivity (Wildman–Crippen MR) is 70.4 cm³/mol. The van der Waals surface area contributed by atoms with E-state index >= 15 is 0 Å². The van der Waals surface area contributed by atoms with Gasteiger partial charge in [0, 0.05) is 31.4 Å². The van der Waals surface area contributed by atoms with Gasteiger partial charge in [0.1, 0.15) is 5.82 Å². The Labute approximate surface area is 103 Å². The van der Waals surface area contributed by atoms with Crippen LogP contribution in [0.1, 0.15) is 31.9 Å². The summed E-state index contributed by atoms with van der Waals surface area (Å²) < 4.78 is 0. The second-order valence-electron chi connectivity index (χ2n) is 5.54. The van der Waals surface area contributed by atoms with Crippen molar-refractivity contribution in [3.8, 4) is 0 Å². The lowest BCUT2D eigenvalue weighted by Crippen LogP contribution is -2.34. The van der Waals surface area contributed by atoms with Crippen molar-refractivity contribution in [1.29, 1.82) is 0 Å². The molecule has 2 aliphatic rings. The Balaban J connectivity index is 1.86. The highest BCUT2D eigenvalue weighted by molar-refractivity contribution is 5.43. The molecule has 0 radical (unpaired) electrons. The lowest BCUT2D eigenvalue weighted by molar-refractivity contribution is 0.577. The zero-order valence-corrected chi connectivity index (χ0v) is 10.7. The standard InChI is InChI=1S/C14H21N3/c1-10(2)12-4-3-5-14(16-12)17-7-6-11-8-15-9-13(11)17/h3-5,10-11,13,15H,6-9H2,1-2H3/t11-,13+/m1/s1. The molecule has 0 unspecified atom stereocenters. The molecular weight excluding hydrogens is 210 g/mol. The molecular formula is C14H21N3. The first-order valence-electron chi connectivity index (χ1n) is 6.70. The Morgan fingerprint density at radius 1 is 1.35 bits per heavy atom. The molecule has 1 aromatic rings. The number of fused-ring (bicyclic) bond motifs is 1. The smallest absolute Gasteiger partial charge is 0.129 e. The van der Waals surface area contributed by atoms with Crippen molar-refractivity contribution in [3.05, 3.63) is 23.9 Å². The summed E-state index contributed by atoms with van der Waals surface area (Å²) in [5.74, 6) is 2.52. The molecule has 3 heterocycles. The topological polar surface area (TPSA) is 28.2 Å². The third kappa shape index (κ3) is 1.93. The molecule has 0 bridgehead atoms. The maximum absolute atomic E-state index is 4.81. The molecule has 17 heavy (non-hydrogen) atoms. The zero-order chi connectivity index (χ0) is 11.8. The Hall–Kier alpha value is -1.09. The number of nitrogens with zero attached hydrogens (tertiary/aromatic N) is 2. The summed E-state index contributed by atoms with van der Waals surface area (Å²) in [6.45, 7) is 7.89. The van der Waals surface area contributed by atoms with E-state index in [0.717, 1.165) is 12.5 Å². The Morgan fingerprint density at radius 3 is 3.06 bits per heavy atom. The maximum Gasteiger partial charge on any atom is 0.129 e. The van der Waals surface area contributed by atoms with E-state index in [4.69, 9.17) is 4.98 Å². The second-order valence-corrected chi connectivity index (χ2v) is 5.54. The van der Waals surface area contributed by atoms with Crippen LogP contribution in [0.15, 0.2) is 18.2 Å². The predicted octanol–water partition coefficient (Wildman–Crippen LogP) is 2.00. The SMILES string of the molecule is CC(C)c1cccc(N2CC[C@@H]3CNC[C@@H]32)n1. The minimum atomic E-state index is 0.509. The van der Waals surface area contributed by atoms with Crippen LogP contribution in [-0.4, -0.2) is 30.7 Å². The van der Waals surface area contributed by atoms with E-state index in [1.54, 1.807) is 0 Å². The van der Waals surface area contributed by atoms with Gasteiger partial charge in [-0.15, -0.1) is 0 Å². The van der Waals surface area contributed by atoms with Gasteiger partial charge < -0.3 is 10.2 Å². The van der Waals surface area contributed by atoms with Crippen LogP contribution in [0.2, 0.25) is 0 Å². The van der Waals surface area contributed by atoms with Crippen molar-refractivity contribution in [2.75, 3.05) is 24.5 Å². The Morgan fingerprint density at radius 2 is 2.24 bits per heavy atom. The Bertz CT molecular complexity index is 402. The molecule has 92 valence electrons. The van der Waals surface area contributed by atoms with Crippen LogP contribution in [0.4, 0.5) is 5.82 Å². The zero-order valence-electron chi connectivity index (χ0n) is 10.7. The van der Waals surface area contributed by atoms with E-state index in [1.165, 1.54) is 31.0 Å². The van der Waals surface area contributed by atoms with Gasteiger partial charge in [-0.3, -0.25) is 0 Å². The van der Waals surface area contributed by atoms with E-state index < -0.39 is 0 Å². The highest BCUT2D eigenvalue weighted by Gasteiger charge is 2.37. The largest absolute Gasteiger partial charge is 0.352 e. The summed E-state index contributed by atoms with van der Waals surface area (Å²) >= 11 is 0. The van der Waals surface area contributed by atoms with Crippen molar-refractivity contribution in [2.24, 2.45) is 5.92 Å². The van der Waals surface area contributed by atoms with Gasteiger partial charge in [0.2, 0.25) is 0 Å². The fourth-order valence-corrected chi connectivity index (χ4v) is 3.05. The number of pyridine rings is 1. The maximum atomic E-state index is 4.81. The normalized spacial score (nSPS) is 27.8. The van der Waals surface area contributed by atoms with Crippen LogP contribution in [-0.2, 0) is 0 Å². The van der Waals surface area contributed by atoms with E-state index in [-0.39, 0.29) is 0 Å². The third-order valence-electron chi connectivity index (χ3n) is 4.09. The number of hydrogen-bond acceptors (Lipinski definition) is 3. The average molecular weight is 231 g/mol. The molecule has 0 saturated carbocycles. The molecule has 1 aromatic heterocycles. The van der Waals surface area contributed by atoms with Gasteiger partial charge >= 0.3 is 0 Å². The summed E-state index contributed by atoms with van der Waals surface area (Å²) in [6.07, 6.45) is 1.31. The lowest BCUT2D eigenvalue weighted by Gasteiger charge is -2.25. The van der Waals surface area contributed by atoms with Crippen LogP contribution in [0.3, 0.4) is 0 Å². The minimum Gasteiger partial charge on any atom is -0.352 e. The Kier molecular flexibility index (Phi) is 2.79. The monoisotopic (exact) mass is 231 g/mol. The first kappa shape index (κ1) is 11.0. The van der Waals surface area contributed by atoms with Crippen molar-refractivity contribution in [1.82, 2.24) is 10.3 Å². The van der Waals surface area contributed by atoms with Crippen molar-refractivity contribution in [2.45, 2.75) is 32.2 Å². The van der Waals surface area contributed by atoms with Gasteiger partial charge in [-0.2, -0.15) is 0 Å². The molecule has 0 aromatic carbocycles. The lowest BCUT2D eigenvalue weighted by atomic mass is 10.1. The molecule has 0 amide bonds. The molecule has 1 N–H and O–H groups in total. The van der Waals surface area contributed by atoms with Gasteiger partial charge in [-0.1, -0.05) is 19.9 Å². The van der Waals surface area contributed by atoms with Crippen molar-refractivity contribution < 1.29 is 0 Å². The summed E-state index contributed by atoms with van der Waals surface area (Å²) in [6, 6.07) is 7.11. The third-order valence-corrected chi connectivity index (χ3v) is 4.09. The number of nitrogens with one attached hydrogen (secondary N) is 1. The highest BCUT2D eigenvalue weighted by Crippen LogP contribution is 2.31. The van der Waals surface area contributed by atoms with Crippen LogP contribution in [0.5, 0.6) is 0 Å². The van der Waals surface area contributed by atoms with E-state index in [1.807, 2.05) is 0 Å². The molecule has 3 nitrogen and oxygen atoms in total. The van der Waals surface area contributed by atoms with Crippen molar-refractivity contribution >= 4 is 5.82 Å². The quantitative estimate of drug-likeness (QED) is 0.844. The fraction of sp³-hybridized carbons (Fsp3) is 0.643. The summed E-state index contributed by atoms with van der Waals surface area (Å²) in [5.41, 5.74) is 1.21. The van der Waals surface area contributed by atoms with Gasteiger partial charge in [-0.25, -0.2) is 4.98 Å².